The van der Waals surface area contributed by atoms with Crippen molar-refractivity contribution < 1.29 is 4.79 Å². The molecule has 0 atom stereocenters. The topological polar surface area (TPSA) is 62.7 Å². The highest BCUT2D eigenvalue weighted by Gasteiger charge is 2.13. The molecule has 4 aromatic rings. The Morgan fingerprint density at radius 2 is 1.73 bits per heavy atom. The number of nitrogens with one attached hydrogen (secondary N) is 2. The summed E-state index contributed by atoms with van der Waals surface area (Å²) >= 11 is 7.05. The summed E-state index contributed by atoms with van der Waals surface area (Å²) < 4.78 is 2.13. The van der Waals surface area contributed by atoms with Crippen molar-refractivity contribution in [2.45, 2.75) is 43.0 Å². The summed E-state index contributed by atoms with van der Waals surface area (Å²) in [5.74, 6) is 1.01. The summed E-state index contributed by atoms with van der Waals surface area (Å²) in [4.78, 5) is 15.0. The van der Waals surface area contributed by atoms with Gasteiger partial charge in [-0.05, 0) is 73.1 Å². The number of aryl methyl sites for hydroxylation is 1. The van der Waals surface area contributed by atoms with E-state index in [0.717, 1.165) is 21.7 Å². The first-order valence-electron chi connectivity index (χ1n) is 10.8. The van der Waals surface area contributed by atoms with Crippen molar-refractivity contribution >= 4 is 35.6 Å². The first-order chi connectivity index (χ1) is 15.9. The van der Waals surface area contributed by atoms with Crippen molar-refractivity contribution in [1.82, 2.24) is 14.8 Å². The lowest BCUT2D eigenvalue weighted by Gasteiger charge is -2.10. The van der Waals surface area contributed by atoms with Crippen LogP contribution < -0.4 is 5.32 Å². The molecule has 0 unspecified atom stereocenters. The highest BCUT2D eigenvalue weighted by atomic mass is 32.2. The lowest BCUT2D eigenvalue weighted by Crippen LogP contribution is -2.19. The first-order valence-corrected chi connectivity index (χ1v) is 12.0. The van der Waals surface area contributed by atoms with Crippen LogP contribution in [0, 0.1) is 11.7 Å². The van der Waals surface area contributed by atoms with E-state index in [1.54, 1.807) is 16.3 Å². The monoisotopic (exact) mass is 474 g/mol. The smallest absolute Gasteiger partial charge is 0.244 e. The van der Waals surface area contributed by atoms with Gasteiger partial charge in [-0.3, -0.25) is 14.5 Å². The number of carbonyl (C=O) groups is 1. The van der Waals surface area contributed by atoms with Gasteiger partial charge in [0.15, 0.2) is 10.6 Å². The molecule has 1 aromatic heterocycles. The van der Waals surface area contributed by atoms with E-state index in [1.807, 2.05) is 55.5 Å². The molecule has 33 heavy (non-hydrogen) atoms. The summed E-state index contributed by atoms with van der Waals surface area (Å²) in [6, 6.07) is 24.5. The van der Waals surface area contributed by atoms with E-state index in [0.29, 0.717) is 16.5 Å². The number of nitrogens with zero attached hydrogens (tertiary/aromatic N) is 2. The standard InChI is InChI=1S/C26H26N4OS2/c1-17(2)19-7-11-22(12-8-19)33-23-13-9-21(10-14-23)27-24(31)16-30-25(28-29-26(30)32)20-6-4-5-18(3)15-20/h4-15,17H,16H2,1-3H3,(H,27,31)(H,29,32). The van der Waals surface area contributed by atoms with Crippen molar-refractivity contribution in [2.24, 2.45) is 0 Å². The van der Waals surface area contributed by atoms with Crippen LogP contribution in [0.5, 0.6) is 0 Å². The van der Waals surface area contributed by atoms with E-state index in [9.17, 15) is 4.79 Å². The van der Waals surface area contributed by atoms with E-state index < -0.39 is 0 Å². The molecule has 4 rings (SSSR count). The zero-order valence-corrected chi connectivity index (χ0v) is 20.5. The molecule has 1 amide bonds. The van der Waals surface area contributed by atoms with Gasteiger partial charge in [-0.15, -0.1) is 0 Å². The van der Waals surface area contributed by atoms with Crippen LogP contribution in [-0.2, 0) is 11.3 Å². The third kappa shape index (κ3) is 5.80. The van der Waals surface area contributed by atoms with Crippen LogP contribution in [0.1, 0.15) is 30.9 Å². The van der Waals surface area contributed by atoms with Gasteiger partial charge in [0.25, 0.3) is 0 Å². The maximum Gasteiger partial charge on any atom is 0.244 e. The third-order valence-corrected chi connectivity index (χ3v) is 6.58. The number of aromatic nitrogens is 3. The van der Waals surface area contributed by atoms with Crippen molar-refractivity contribution in [1.29, 1.82) is 0 Å². The van der Waals surface area contributed by atoms with Crippen LogP contribution in [0.25, 0.3) is 11.4 Å². The van der Waals surface area contributed by atoms with Crippen molar-refractivity contribution in [2.75, 3.05) is 5.32 Å². The Balaban J connectivity index is 1.41. The van der Waals surface area contributed by atoms with Gasteiger partial charge in [-0.2, -0.15) is 5.10 Å². The lowest BCUT2D eigenvalue weighted by atomic mass is 10.0. The number of carbonyl (C=O) groups excluding carboxylic acids is 1. The van der Waals surface area contributed by atoms with Gasteiger partial charge in [0.2, 0.25) is 5.91 Å². The average molecular weight is 475 g/mol. The Morgan fingerprint density at radius 3 is 2.36 bits per heavy atom. The number of benzene rings is 3. The Hall–Kier alpha value is -3.16. The highest BCUT2D eigenvalue weighted by molar-refractivity contribution is 7.99. The predicted octanol–water partition coefficient (Wildman–Crippen LogP) is 6.83. The van der Waals surface area contributed by atoms with Crippen molar-refractivity contribution in [3.05, 3.63) is 88.7 Å². The fourth-order valence-electron chi connectivity index (χ4n) is 3.48. The fraction of sp³-hybridized carbons (Fsp3) is 0.192. The minimum Gasteiger partial charge on any atom is -0.325 e. The van der Waals surface area contributed by atoms with E-state index in [2.05, 4.69) is 53.6 Å². The molecule has 168 valence electrons. The Morgan fingerprint density at radius 1 is 1.06 bits per heavy atom. The average Bonchev–Trinajstić information content (AvgIpc) is 3.15. The normalized spacial score (nSPS) is 11.0. The molecule has 0 aliphatic carbocycles. The van der Waals surface area contributed by atoms with Crippen molar-refractivity contribution in [3.63, 3.8) is 0 Å². The number of rotatable bonds is 7. The molecule has 0 spiro atoms. The van der Waals surface area contributed by atoms with Gasteiger partial charge in [0, 0.05) is 21.0 Å². The molecule has 0 fully saturated rings. The van der Waals surface area contributed by atoms with E-state index in [-0.39, 0.29) is 12.5 Å². The van der Waals surface area contributed by atoms with Gasteiger partial charge in [0.05, 0.1) is 0 Å². The summed E-state index contributed by atoms with van der Waals surface area (Å²) in [6.45, 7) is 6.49. The van der Waals surface area contributed by atoms with Gasteiger partial charge in [0.1, 0.15) is 6.54 Å². The molecule has 2 N–H and O–H groups in total. The van der Waals surface area contributed by atoms with Crippen molar-refractivity contribution in [3.8, 4) is 11.4 Å². The van der Waals surface area contributed by atoms with Crippen LogP contribution in [0.4, 0.5) is 5.69 Å². The van der Waals surface area contributed by atoms with Gasteiger partial charge in [-0.1, -0.05) is 61.5 Å². The summed E-state index contributed by atoms with van der Waals surface area (Å²) in [6.07, 6.45) is 0. The highest BCUT2D eigenvalue weighted by Crippen LogP contribution is 2.29. The van der Waals surface area contributed by atoms with Crippen LogP contribution in [-0.4, -0.2) is 20.7 Å². The quantitative estimate of drug-likeness (QED) is 0.288. The zero-order valence-electron chi connectivity index (χ0n) is 18.8. The van der Waals surface area contributed by atoms with Gasteiger partial charge >= 0.3 is 0 Å². The van der Waals surface area contributed by atoms with E-state index in [1.165, 1.54) is 10.5 Å². The molecule has 3 aromatic carbocycles. The van der Waals surface area contributed by atoms with Gasteiger partial charge < -0.3 is 5.32 Å². The molecular formula is C26H26N4OS2. The first kappa shape index (κ1) is 23.0. The maximum atomic E-state index is 12.7. The Kier molecular flexibility index (Phi) is 7.11. The minimum absolute atomic E-state index is 0.0807. The summed E-state index contributed by atoms with van der Waals surface area (Å²) in [5.41, 5.74) is 4.11. The SMILES string of the molecule is Cc1cccc(-c2n[nH]c(=S)n2CC(=O)Nc2ccc(Sc3ccc(C(C)C)cc3)cc2)c1. The van der Waals surface area contributed by atoms with Crippen LogP contribution in [0.2, 0.25) is 0 Å². The number of aromatic amines is 1. The Labute approximate surface area is 203 Å². The summed E-state index contributed by atoms with van der Waals surface area (Å²) in [7, 11) is 0. The fourth-order valence-corrected chi connectivity index (χ4v) is 4.49. The molecule has 0 saturated heterocycles. The number of amides is 1. The number of anilines is 1. The molecule has 7 heteroatoms. The molecule has 0 radical (unpaired) electrons. The second-order valence-electron chi connectivity index (χ2n) is 8.21. The minimum atomic E-state index is -0.161. The molecule has 0 aliphatic heterocycles. The number of hydrogen-bond acceptors (Lipinski definition) is 4. The van der Waals surface area contributed by atoms with E-state index >= 15 is 0 Å². The molecule has 0 aliphatic rings. The number of hydrogen-bond donors (Lipinski definition) is 2. The lowest BCUT2D eigenvalue weighted by molar-refractivity contribution is -0.116. The molecular weight excluding hydrogens is 448 g/mol. The molecule has 0 saturated carbocycles. The molecule has 0 bridgehead atoms. The number of H-pyrrole nitrogens is 1. The van der Waals surface area contributed by atoms with Gasteiger partial charge in [-0.25, -0.2) is 0 Å². The third-order valence-electron chi connectivity index (χ3n) is 5.26. The summed E-state index contributed by atoms with van der Waals surface area (Å²) in [5, 5.41) is 10.1. The second-order valence-corrected chi connectivity index (χ2v) is 9.74. The Bertz CT molecular complexity index is 1310. The largest absolute Gasteiger partial charge is 0.325 e. The second kappa shape index (κ2) is 10.2. The predicted molar refractivity (Wildman–Crippen MR) is 137 cm³/mol. The molecule has 5 nitrogen and oxygen atoms in total. The van der Waals surface area contributed by atoms with Crippen LogP contribution in [0.3, 0.4) is 0 Å². The zero-order chi connectivity index (χ0) is 23.4. The van der Waals surface area contributed by atoms with Crippen LogP contribution in [0.15, 0.2) is 82.6 Å². The van der Waals surface area contributed by atoms with Crippen LogP contribution >= 0.6 is 24.0 Å². The maximum absolute atomic E-state index is 12.7. The molecule has 1 heterocycles. The van der Waals surface area contributed by atoms with E-state index in [4.69, 9.17) is 12.2 Å².